The molecule has 1 aromatic carbocycles. The van der Waals surface area contributed by atoms with Crippen molar-refractivity contribution in [3.63, 3.8) is 0 Å². The molecule has 0 amide bonds. The van der Waals surface area contributed by atoms with Crippen molar-refractivity contribution in [3.8, 4) is 0 Å². The molecular formula is C11H13BrN2O5S. The molecule has 1 aliphatic heterocycles. The number of hydrogen-bond acceptors (Lipinski definition) is 5. The third-order valence-corrected chi connectivity index (χ3v) is 5.33. The first-order valence-corrected chi connectivity index (χ1v) is 8.11. The Bertz CT molecular complexity index is 634. The Hall–Kier alpha value is -1.03. The van der Waals surface area contributed by atoms with E-state index in [0.717, 1.165) is 0 Å². The second-order valence-electron chi connectivity index (χ2n) is 4.41. The molecule has 0 aliphatic carbocycles. The van der Waals surface area contributed by atoms with E-state index in [0.29, 0.717) is 4.47 Å². The molecule has 0 aromatic heterocycles. The summed E-state index contributed by atoms with van der Waals surface area (Å²) in [4.78, 5) is 10.0. The summed E-state index contributed by atoms with van der Waals surface area (Å²) in [5, 5.41) is 11.0. The third kappa shape index (κ3) is 3.00. The van der Waals surface area contributed by atoms with E-state index in [1.165, 1.54) is 22.5 Å². The molecule has 0 radical (unpaired) electrons. The van der Waals surface area contributed by atoms with Crippen molar-refractivity contribution in [3.05, 3.63) is 32.8 Å². The Morgan fingerprint density at radius 3 is 2.80 bits per heavy atom. The molecule has 110 valence electrons. The zero-order valence-electron chi connectivity index (χ0n) is 10.7. The highest BCUT2D eigenvalue weighted by molar-refractivity contribution is 9.10. The lowest BCUT2D eigenvalue weighted by atomic mass is 10.3. The standard InChI is InChI=1S/C11H13BrN2O5S/c1-8-7-13(4-5-19-8)20(17,18)11-6-9(12)2-3-10(11)14(15)16/h2-3,6,8H,4-5,7H2,1H3. The van der Waals surface area contributed by atoms with E-state index < -0.39 is 20.6 Å². The molecule has 0 N–H and O–H groups in total. The van der Waals surface area contributed by atoms with Gasteiger partial charge in [0.1, 0.15) is 0 Å². The zero-order valence-corrected chi connectivity index (χ0v) is 13.1. The number of benzene rings is 1. The van der Waals surface area contributed by atoms with Crippen LogP contribution in [-0.2, 0) is 14.8 Å². The van der Waals surface area contributed by atoms with E-state index in [-0.39, 0.29) is 30.7 Å². The number of nitro benzene ring substituents is 1. The van der Waals surface area contributed by atoms with Gasteiger partial charge >= 0.3 is 0 Å². The van der Waals surface area contributed by atoms with Crippen LogP contribution in [0.3, 0.4) is 0 Å². The quantitative estimate of drug-likeness (QED) is 0.602. The average Bonchev–Trinajstić information content (AvgIpc) is 2.38. The number of nitrogens with zero attached hydrogens (tertiary/aromatic N) is 2. The van der Waals surface area contributed by atoms with Crippen LogP contribution in [-0.4, -0.2) is 43.4 Å². The molecule has 1 fully saturated rings. The normalized spacial score (nSPS) is 20.8. The first kappa shape index (κ1) is 15.4. The van der Waals surface area contributed by atoms with Gasteiger partial charge in [-0.2, -0.15) is 4.31 Å². The van der Waals surface area contributed by atoms with Crippen LogP contribution in [0.15, 0.2) is 27.6 Å². The monoisotopic (exact) mass is 364 g/mol. The van der Waals surface area contributed by atoms with E-state index in [1.807, 2.05) is 0 Å². The number of ether oxygens (including phenoxy) is 1. The third-order valence-electron chi connectivity index (χ3n) is 2.94. The van der Waals surface area contributed by atoms with Gasteiger partial charge in [0.25, 0.3) is 5.69 Å². The maximum atomic E-state index is 12.6. The summed E-state index contributed by atoms with van der Waals surface area (Å²) >= 11 is 3.14. The molecular weight excluding hydrogens is 352 g/mol. The van der Waals surface area contributed by atoms with E-state index in [4.69, 9.17) is 4.74 Å². The van der Waals surface area contributed by atoms with Crippen LogP contribution in [0.2, 0.25) is 0 Å². The first-order valence-electron chi connectivity index (χ1n) is 5.88. The second-order valence-corrected chi connectivity index (χ2v) is 7.24. The van der Waals surface area contributed by atoms with Gasteiger partial charge in [0.2, 0.25) is 10.0 Å². The van der Waals surface area contributed by atoms with Crippen molar-refractivity contribution in [2.75, 3.05) is 19.7 Å². The van der Waals surface area contributed by atoms with Gasteiger partial charge in [0.05, 0.1) is 17.6 Å². The van der Waals surface area contributed by atoms with Crippen LogP contribution in [0.25, 0.3) is 0 Å². The molecule has 0 saturated carbocycles. The maximum Gasteiger partial charge on any atom is 0.289 e. The molecule has 9 heteroatoms. The van der Waals surface area contributed by atoms with Gasteiger partial charge in [0.15, 0.2) is 4.90 Å². The van der Waals surface area contributed by atoms with E-state index in [1.54, 1.807) is 6.92 Å². The van der Waals surface area contributed by atoms with Crippen molar-refractivity contribution in [1.29, 1.82) is 0 Å². The largest absolute Gasteiger partial charge is 0.376 e. The molecule has 1 aliphatic rings. The summed E-state index contributed by atoms with van der Waals surface area (Å²) < 4.78 is 32.1. The van der Waals surface area contributed by atoms with Crippen LogP contribution in [0, 0.1) is 10.1 Å². The Morgan fingerprint density at radius 2 is 2.20 bits per heavy atom. The Labute approximate surface area is 124 Å². The number of hydrogen-bond donors (Lipinski definition) is 0. The topological polar surface area (TPSA) is 89.8 Å². The molecule has 0 bridgehead atoms. The zero-order chi connectivity index (χ0) is 14.9. The second kappa shape index (κ2) is 5.76. The smallest absolute Gasteiger partial charge is 0.289 e. The summed E-state index contributed by atoms with van der Waals surface area (Å²) in [5.41, 5.74) is -0.424. The number of rotatable bonds is 3. The predicted octanol–water partition coefficient (Wildman–Crippen LogP) is 1.77. The molecule has 1 heterocycles. The van der Waals surface area contributed by atoms with Crippen molar-refractivity contribution >= 4 is 31.6 Å². The highest BCUT2D eigenvalue weighted by Crippen LogP contribution is 2.30. The number of nitro groups is 1. The van der Waals surface area contributed by atoms with E-state index >= 15 is 0 Å². The minimum absolute atomic E-state index is 0.187. The van der Waals surface area contributed by atoms with E-state index in [9.17, 15) is 18.5 Å². The lowest BCUT2D eigenvalue weighted by molar-refractivity contribution is -0.387. The van der Waals surface area contributed by atoms with Crippen LogP contribution in [0.4, 0.5) is 5.69 Å². The first-order chi connectivity index (χ1) is 9.32. The van der Waals surface area contributed by atoms with E-state index in [2.05, 4.69) is 15.9 Å². The molecule has 0 spiro atoms. The molecule has 2 rings (SSSR count). The van der Waals surface area contributed by atoms with Gasteiger partial charge in [-0.05, 0) is 19.1 Å². The molecule has 1 saturated heterocycles. The Kier molecular flexibility index (Phi) is 4.43. The summed E-state index contributed by atoms with van der Waals surface area (Å²) in [6, 6.07) is 3.88. The van der Waals surface area contributed by atoms with Crippen LogP contribution in [0.1, 0.15) is 6.92 Å². The Morgan fingerprint density at radius 1 is 1.50 bits per heavy atom. The lowest BCUT2D eigenvalue weighted by Gasteiger charge is -2.30. The van der Waals surface area contributed by atoms with Gasteiger partial charge in [-0.25, -0.2) is 8.42 Å². The fourth-order valence-corrected chi connectivity index (χ4v) is 4.18. The minimum atomic E-state index is -3.91. The van der Waals surface area contributed by atoms with Crippen molar-refractivity contribution in [1.82, 2.24) is 4.31 Å². The lowest BCUT2D eigenvalue weighted by Crippen LogP contribution is -2.44. The summed E-state index contributed by atoms with van der Waals surface area (Å²) in [6.45, 7) is 2.42. The SMILES string of the molecule is CC1CN(S(=O)(=O)c2cc(Br)ccc2[N+](=O)[O-])CCO1. The fourth-order valence-electron chi connectivity index (χ4n) is 1.99. The molecule has 1 unspecified atom stereocenters. The summed E-state index contributed by atoms with van der Waals surface area (Å²) in [6.07, 6.45) is -0.232. The molecule has 1 atom stereocenters. The van der Waals surface area contributed by atoms with Gasteiger partial charge in [-0.15, -0.1) is 0 Å². The molecule has 7 nitrogen and oxygen atoms in total. The van der Waals surface area contributed by atoms with Crippen LogP contribution < -0.4 is 0 Å². The highest BCUT2D eigenvalue weighted by Gasteiger charge is 2.34. The number of halogens is 1. The van der Waals surface area contributed by atoms with Gasteiger partial charge in [-0.3, -0.25) is 10.1 Å². The molecule has 1 aromatic rings. The van der Waals surface area contributed by atoms with Crippen LogP contribution >= 0.6 is 15.9 Å². The number of sulfonamides is 1. The minimum Gasteiger partial charge on any atom is -0.376 e. The van der Waals surface area contributed by atoms with Gasteiger partial charge in [0, 0.05) is 23.6 Å². The van der Waals surface area contributed by atoms with Crippen molar-refractivity contribution in [2.45, 2.75) is 17.9 Å². The maximum absolute atomic E-state index is 12.6. The molecule has 20 heavy (non-hydrogen) atoms. The summed E-state index contributed by atoms with van der Waals surface area (Å²) in [5.74, 6) is 0. The van der Waals surface area contributed by atoms with Crippen molar-refractivity contribution in [2.24, 2.45) is 0 Å². The van der Waals surface area contributed by atoms with Crippen molar-refractivity contribution < 1.29 is 18.1 Å². The average molecular weight is 365 g/mol. The van der Waals surface area contributed by atoms with Crippen LogP contribution in [0.5, 0.6) is 0 Å². The Balaban J connectivity index is 2.48. The number of morpholine rings is 1. The predicted molar refractivity (Wildman–Crippen MR) is 75.0 cm³/mol. The fraction of sp³-hybridized carbons (Fsp3) is 0.455. The van der Waals surface area contributed by atoms with Gasteiger partial charge < -0.3 is 4.74 Å². The highest BCUT2D eigenvalue weighted by atomic mass is 79.9. The van der Waals surface area contributed by atoms with Gasteiger partial charge in [-0.1, -0.05) is 15.9 Å². The summed E-state index contributed by atoms with van der Waals surface area (Å²) in [7, 11) is -3.91.